The van der Waals surface area contributed by atoms with Gasteiger partial charge in [-0.2, -0.15) is 0 Å². The summed E-state index contributed by atoms with van der Waals surface area (Å²) >= 11 is 4.93. The van der Waals surface area contributed by atoms with Crippen LogP contribution in [0.2, 0.25) is 0 Å². The molecule has 1 aromatic carbocycles. The normalized spacial score (nSPS) is 16.7. The number of carbonyl (C=O) groups is 1. The molecule has 0 aromatic heterocycles. The summed E-state index contributed by atoms with van der Waals surface area (Å²) in [6.45, 7) is 6.60. The highest BCUT2D eigenvalue weighted by Gasteiger charge is 2.21. The molecule has 1 amide bonds. The lowest BCUT2D eigenvalue weighted by Crippen LogP contribution is -2.46. The molecule has 0 spiro atoms. The fourth-order valence-electron chi connectivity index (χ4n) is 2.61. The van der Waals surface area contributed by atoms with Crippen LogP contribution in [0, 0.1) is 13.8 Å². The first-order chi connectivity index (χ1) is 9.95. The number of hydrogen-bond acceptors (Lipinski definition) is 3. The SMILES string of the molecule is Cc1ccc(C(=O)NC2CCN(CC(N)=S)CC2)cc1C. The molecule has 1 fully saturated rings. The van der Waals surface area contributed by atoms with Crippen molar-refractivity contribution in [1.82, 2.24) is 10.2 Å². The molecular weight excluding hydrogens is 282 g/mol. The lowest BCUT2D eigenvalue weighted by molar-refractivity contribution is 0.0915. The van der Waals surface area contributed by atoms with Gasteiger partial charge in [0.25, 0.3) is 5.91 Å². The van der Waals surface area contributed by atoms with Crippen LogP contribution in [0.25, 0.3) is 0 Å². The standard InChI is InChI=1S/C16H23N3OS/c1-11-3-4-13(9-12(11)2)16(20)18-14-5-7-19(8-6-14)10-15(17)21/h3-4,9,14H,5-8,10H2,1-2H3,(H2,17,21)(H,18,20). The number of carbonyl (C=O) groups excluding carboxylic acids is 1. The van der Waals surface area contributed by atoms with Crippen molar-refractivity contribution in [2.24, 2.45) is 5.73 Å². The third kappa shape index (κ3) is 4.51. The number of amides is 1. The van der Waals surface area contributed by atoms with E-state index >= 15 is 0 Å². The lowest BCUT2D eigenvalue weighted by atomic mass is 10.0. The van der Waals surface area contributed by atoms with Crippen LogP contribution in [0.1, 0.15) is 34.3 Å². The van der Waals surface area contributed by atoms with Gasteiger partial charge >= 0.3 is 0 Å². The summed E-state index contributed by atoms with van der Waals surface area (Å²) in [5.74, 6) is 0.0193. The molecule has 0 saturated carbocycles. The predicted molar refractivity (Wildman–Crippen MR) is 89.6 cm³/mol. The Morgan fingerprint density at radius 1 is 1.33 bits per heavy atom. The van der Waals surface area contributed by atoms with Gasteiger partial charge in [-0.05, 0) is 49.9 Å². The van der Waals surface area contributed by atoms with Gasteiger partial charge in [-0.25, -0.2) is 0 Å². The molecule has 2 rings (SSSR count). The molecule has 1 saturated heterocycles. The number of nitrogens with zero attached hydrogens (tertiary/aromatic N) is 1. The first-order valence-corrected chi connectivity index (χ1v) is 7.75. The molecule has 5 heteroatoms. The highest BCUT2D eigenvalue weighted by molar-refractivity contribution is 7.80. The zero-order valence-corrected chi connectivity index (χ0v) is 13.5. The minimum absolute atomic E-state index is 0.0193. The van der Waals surface area contributed by atoms with E-state index in [4.69, 9.17) is 18.0 Å². The maximum Gasteiger partial charge on any atom is 0.251 e. The zero-order valence-electron chi connectivity index (χ0n) is 12.7. The lowest BCUT2D eigenvalue weighted by Gasteiger charge is -2.32. The van der Waals surface area contributed by atoms with E-state index in [0.29, 0.717) is 11.5 Å². The Labute approximate surface area is 131 Å². The fraction of sp³-hybridized carbons (Fsp3) is 0.500. The number of rotatable bonds is 4. The van der Waals surface area contributed by atoms with Crippen molar-refractivity contribution in [3.8, 4) is 0 Å². The number of thiocarbonyl (C=S) groups is 1. The Bertz CT molecular complexity index is 536. The van der Waals surface area contributed by atoms with E-state index in [-0.39, 0.29) is 11.9 Å². The highest BCUT2D eigenvalue weighted by Crippen LogP contribution is 2.13. The first-order valence-electron chi connectivity index (χ1n) is 7.34. The average molecular weight is 305 g/mol. The molecule has 0 unspecified atom stereocenters. The van der Waals surface area contributed by atoms with Gasteiger partial charge in [-0.3, -0.25) is 9.69 Å². The van der Waals surface area contributed by atoms with E-state index in [9.17, 15) is 4.79 Å². The second-order valence-electron chi connectivity index (χ2n) is 5.79. The largest absolute Gasteiger partial charge is 0.392 e. The van der Waals surface area contributed by atoms with Crippen LogP contribution >= 0.6 is 12.2 Å². The summed E-state index contributed by atoms with van der Waals surface area (Å²) in [5, 5.41) is 3.13. The van der Waals surface area contributed by atoms with Gasteiger partial charge in [0, 0.05) is 31.2 Å². The number of aryl methyl sites for hydroxylation is 2. The van der Waals surface area contributed by atoms with E-state index in [1.165, 1.54) is 5.56 Å². The summed E-state index contributed by atoms with van der Waals surface area (Å²) < 4.78 is 0. The Morgan fingerprint density at radius 2 is 2.00 bits per heavy atom. The Kier molecular flexibility index (Phi) is 5.31. The third-order valence-corrected chi connectivity index (χ3v) is 4.20. The van der Waals surface area contributed by atoms with Crippen molar-refractivity contribution >= 4 is 23.1 Å². The molecule has 0 bridgehead atoms. The summed E-state index contributed by atoms with van der Waals surface area (Å²) in [5.41, 5.74) is 8.65. The Balaban J connectivity index is 1.86. The van der Waals surface area contributed by atoms with Crippen LogP contribution in [-0.4, -0.2) is 41.5 Å². The Morgan fingerprint density at radius 3 is 2.57 bits per heavy atom. The van der Waals surface area contributed by atoms with Gasteiger partial charge in [0.15, 0.2) is 0 Å². The van der Waals surface area contributed by atoms with E-state index in [1.54, 1.807) is 0 Å². The van der Waals surface area contributed by atoms with Gasteiger partial charge in [0.05, 0.1) is 4.99 Å². The quantitative estimate of drug-likeness (QED) is 0.833. The number of hydrogen-bond donors (Lipinski definition) is 2. The van der Waals surface area contributed by atoms with E-state index < -0.39 is 0 Å². The summed E-state index contributed by atoms with van der Waals surface area (Å²) in [7, 11) is 0. The maximum atomic E-state index is 12.3. The molecule has 21 heavy (non-hydrogen) atoms. The summed E-state index contributed by atoms with van der Waals surface area (Å²) in [4.78, 5) is 15.0. The number of likely N-dealkylation sites (tertiary alicyclic amines) is 1. The number of benzene rings is 1. The minimum atomic E-state index is 0.0193. The van der Waals surface area contributed by atoms with Gasteiger partial charge in [0.1, 0.15) is 0 Å². The van der Waals surface area contributed by atoms with Crippen molar-refractivity contribution in [2.75, 3.05) is 19.6 Å². The smallest absolute Gasteiger partial charge is 0.251 e. The van der Waals surface area contributed by atoms with Crippen molar-refractivity contribution in [3.63, 3.8) is 0 Å². The highest BCUT2D eigenvalue weighted by atomic mass is 32.1. The van der Waals surface area contributed by atoms with Crippen LogP contribution in [0.3, 0.4) is 0 Å². The molecule has 1 aliphatic heterocycles. The molecule has 0 radical (unpaired) electrons. The predicted octanol–water partition coefficient (Wildman–Crippen LogP) is 1.78. The Hall–Kier alpha value is -1.46. The molecule has 3 N–H and O–H groups in total. The molecule has 0 aliphatic carbocycles. The number of piperidine rings is 1. The average Bonchev–Trinajstić information content (AvgIpc) is 2.43. The monoisotopic (exact) mass is 305 g/mol. The van der Waals surface area contributed by atoms with Crippen molar-refractivity contribution in [1.29, 1.82) is 0 Å². The minimum Gasteiger partial charge on any atom is -0.392 e. The van der Waals surface area contributed by atoms with Gasteiger partial charge in [0.2, 0.25) is 0 Å². The van der Waals surface area contributed by atoms with Crippen LogP contribution in [0.15, 0.2) is 18.2 Å². The third-order valence-electron chi connectivity index (χ3n) is 4.07. The molecule has 0 atom stereocenters. The van der Waals surface area contributed by atoms with Gasteiger partial charge in [-0.15, -0.1) is 0 Å². The molecule has 4 nitrogen and oxygen atoms in total. The van der Waals surface area contributed by atoms with Gasteiger partial charge < -0.3 is 11.1 Å². The molecule has 114 valence electrons. The number of nitrogens with two attached hydrogens (primary N) is 1. The topological polar surface area (TPSA) is 58.4 Å². The van der Waals surface area contributed by atoms with Crippen molar-refractivity contribution in [2.45, 2.75) is 32.7 Å². The molecule has 1 aromatic rings. The summed E-state index contributed by atoms with van der Waals surface area (Å²) in [6.07, 6.45) is 1.89. The summed E-state index contributed by atoms with van der Waals surface area (Å²) in [6, 6.07) is 6.07. The number of nitrogens with one attached hydrogen (secondary N) is 1. The van der Waals surface area contributed by atoms with Crippen molar-refractivity contribution in [3.05, 3.63) is 34.9 Å². The van der Waals surface area contributed by atoms with Crippen LogP contribution in [0.4, 0.5) is 0 Å². The van der Waals surface area contributed by atoms with Crippen molar-refractivity contribution < 1.29 is 4.79 Å². The molecular formula is C16H23N3OS. The van der Waals surface area contributed by atoms with Crippen LogP contribution < -0.4 is 11.1 Å². The fourth-order valence-corrected chi connectivity index (χ4v) is 2.79. The zero-order chi connectivity index (χ0) is 15.4. The van der Waals surface area contributed by atoms with E-state index in [0.717, 1.165) is 37.1 Å². The molecule has 1 heterocycles. The van der Waals surface area contributed by atoms with Crippen LogP contribution in [0.5, 0.6) is 0 Å². The second-order valence-corrected chi connectivity index (χ2v) is 6.31. The van der Waals surface area contributed by atoms with Crippen LogP contribution in [-0.2, 0) is 0 Å². The molecule has 1 aliphatic rings. The van der Waals surface area contributed by atoms with Gasteiger partial charge in [-0.1, -0.05) is 18.3 Å². The van der Waals surface area contributed by atoms with E-state index in [1.807, 2.05) is 25.1 Å². The first kappa shape index (κ1) is 15.9. The maximum absolute atomic E-state index is 12.3. The van der Waals surface area contributed by atoms with E-state index in [2.05, 4.69) is 17.1 Å². The second kappa shape index (κ2) is 7.00.